The van der Waals surface area contributed by atoms with Gasteiger partial charge >= 0.3 is 0 Å². The van der Waals surface area contributed by atoms with Gasteiger partial charge in [-0.2, -0.15) is 5.26 Å². The minimum absolute atomic E-state index is 0.123. The molecule has 1 N–H and O–H groups in total. The van der Waals surface area contributed by atoms with Crippen molar-refractivity contribution in [3.8, 4) is 28.5 Å². The molecule has 5 nitrogen and oxygen atoms in total. The van der Waals surface area contributed by atoms with Crippen LogP contribution < -0.4 is 5.32 Å². The highest BCUT2D eigenvalue weighted by molar-refractivity contribution is 7.99. The second kappa shape index (κ2) is 10.8. The van der Waals surface area contributed by atoms with Crippen LogP contribution in [0.5, 0.6) is 0 Å². The van der Waals surface area contributed by atoms with Crippen molar-refractivity contribution < 1.29 is 4.79 Å². The van der Waals surface area contributed by atoms with E-state index in [4.69, 9.17) is 4.98 Å². The Kier molecular flexibility index (Phi) is 7.36. The number of aryl methyl sites for hydroxylation is 2. The Hall–Kier alpha value is -3.95. The van der Waals surface area contributed by atoms with Gasteiger partial charge in [-0.05, 0) is 37.6 Å². The molecule has 0 aliphatic rings. The second-order valence-electron chi connectivity index (χ2n) is 7.89. The van der Waals surface area contributed by atoms with Crippen LogP contribution >= 0.6 is 11.8 Å². The highest BCUT2D eigenvalue weighted by atomic mass is 32.2. The van der Waals surface area contributed by atoms with Crippen LogP contribution in [0, 0.1) is 25.2 Å². The van der Waals surface area contributed by atoms with Gasteiger partial charge in [-0.1, -0.05) is 66.2 Å². The number of carbonyl (C=O) groups excluding carboxylic acids is 1. The maximum atomic E-state index is 12.4. The summed E-state index contributed by atoms with van der Waals surface area (Å²) in [6.45, 7) is 3.92. The van der Waals surface area contributed by atoms with E-state index in [1.807, 2.05) is 86.6 Å². The van der Waals surface area contributed by atoms with Gasteiger partial charge in [0.1, 0.15) is 16.9 Å². The Balaban J connectivity index is 1.60. The molecule has 0 bridgehead atoms. The number of benzene rings is 2. The first-order chi connectivity index (χ1) is 16.5. The Morgan fingerprint density at radius 1 is 0.941 bits per heavy atom. The molecule has 2 aromatic carbocycles. The van der Waals surface area contributed by atoms with Crippen molar-refractivity contribution in [2.75, 3.05) is 11.1 Å². The monoisotopic (exact) mass is 464 g/mol. The Labute approximate surface area is 203 Å². The van der Waals surface area contributed by atoms with E-state index in [-0.39, 0.29) is 12.3 Å². The normalized spacial score (nSPS) is 10.5. The van der Waals surface area contributed by atoms with Crippen LogP contribution in [0.4, 0.5) is 5.82 Å². The molecule has 0 saturated heterocycles. The predicted molar refractivity (Wildman–Crippen MR) is 138 cm³/mol. The maximum Gasteiger partial charge on any atom is 0.226 e. The number of thioether (sulfide) groups is 1. The summed E-state index contributed by atoms with van der Waals surface area (Å²) >= 11 is 1.42. The van der Waals surface area contributed by atoms with Gasteiger partial charge in [0.25, 0.3) is 0 Å². The molecule has 0 saturated carbocycles. The summed E-state index contributed by atoms with van der Waals surface area (Å²) in [5.41, 5.74) is 6.10. The molecule has 6 heteroatoms. The number of anilines is 1. The SMILES string of the molecule is Cc1ccc(-c2cc(-c3ccccc3)nc(SCCC(=O)Nc3cccc(C)n3)c2C#N)cc1. The van der Waals surface area contributed by atoms with E-state index in [1.54, 1.807) is 6.07 Å². The van der Waals surface area contributed by atoms with E-state index >= 15 is 0 Å². The number of nitrogens with zero attached hydrogens (tertiary/aromatic N) is 3. The van der Waals surface area contributed by atoms with Crippen LogP contribution in [0.15, 0.2) is 83.9 Å². The van der Waals surface area contributed by atoms with E-state index in [1.165, 1.54) is 11.8 Å². The average molecular weight is 465 g/mol. The number of pyridine rings is 2. The van der Waals surface area contributed by atoms with Gasteiger partial charge in [0, 0.05) is 29.0 Å². The summed E-state index contributed by atoms with van der Waals surface area (Å²) in [4.78, 5) is 21.5. The molecule has 34 heavy (non-hydrogen) atoms. The van der Waals surface area contributed by atoms with Gasteiger partial charge < -0.3 is 5.32 Å². The fourth-order valence-electron chi connectivity index (χ4n) is 3.51. The highest BCUT2D eigenvalue weighted by Crippen LogP contribution is 2.34. The van der Waals surface area contributed by atoms with Crippen molar-refractivity contribution in [3.05, 3.63) is 95.7 Å². The highest BCUT2D eigenvalue weighted by Gasteiger charge is 2.16. The van der Waals surface area contributed by atoms with Crippen molar-refractivity contribution >= 4 is 23.5 Å². The molecular formula is C28H24N4OS. The molecule has 2 aromatic heterocycles. The third kappa shape index (κ3) is 5.69. The van der Waals surface area contributed by atoms with E-state index in [0.29, 0.717) is 22.2 Å². The molecule has 0 fully saturated rings. The summed E-state index contributed by atoms with van der Waals surface area (Å²) in [5.74, 6) is 0.908. The Morgan fingerprint density at radius 2 is 1.71 bits per heavy atom. The number of carbonyl (C=O) groups is 1. The molecule has 0 aliphatic carbocycles. The second-order valence-corrected chi connectivity index (χ2v) is 8.97. The molecule has 1 amide bonds. The van der Waals surface area contributed by atoms with Gasteiger partial charge in [0.15, 0.2) is 0 Å². The molecule has 4 aromatic rings. The quantitative estimate of drug-likeness (QED) is 0.319. The number of aromatic nitrogens is 2. The fourth-order valence-corrected chi connectivity index (χ4v) is 4.45. The topological polar surface area (TPSA) is 78.7 Å². The van der Waals surface area contributed by atoms with E-state index < -0.39 is 0 Å². The zero-order chi connectivity index (χ0) is 23.9. The summed E-state index contributed by atoms with van der Waals surface area (Å²) in [7, 11) is 0. The van der Waals surface area contributed by atoms with E-state index in [0.717, 1.165) is 33.6 Å². The van der Waals surface area contributed by atoms with Crippen molar-refractivity contribution in [3.63, 3.8) is 0 Å². The zero-order valence-corrected chi connectivity index (χ0v) is 19.9. The lowest BCUT2D eigenvalue weighted by Gasteiger charge is -2.13. The minimum Gasteiger partial charge on any atom is -0.311 e. The number of nitrogens with one attached hydrogen (secondary N) is 1. The first kappa shape index (κ1) is 23.2. The van der Waals surface area contributed by atoms with Gasteiger partial charge in [0.05, 0.1) is 11.3 Å². The lowest BCUT2D eigenvalue weighted by Crippen LogP contribution is -2.13. The summed E-state index contributed by atoms with van der Waals surface area (Å²) in [5, 5.41) is 13.5. The first-order valence-electron chi connectivity index (χ1n) is 11.0. The van der Waals surface area contributed by atoms with Crippen LogP contribution in [-0.4, -0.2) is 21.6 Å². The van der Waals surface area contributed by atoms with Crippen LogP contribution in [0.2, 0.25) is 0 Å². The first-order valence-corrected chi connectivity index (χ1v) is 12.0. The lowest BCUT2D eigenvalue weighted by molar-refractivity contribution is -0.115. The van der Waals surface area contributed by atoms with Crippen molar-refractivity contribution in [2.24, 2.45) is 0 Å². The summed E-state index contributed by atoms with van der Waals surface area (Å²) < 4.78 is 0. The smallest absolute Gasteiger partial charge is 0.226 e. The maximum absolute atomic E-state index is 12.4. The summed E-state index contributed by atoms with van der Waals surface area (Å²) in [6.07, 6.45) is 0.280. The molecule has 2 heterocycles. The van der Waals surface area contributed by atoms with Crippen molar-refractivity contribution in [1.82, 2.24) is 9.97 Å². The number of amides is 1. The largest absolute Gasteiger partial charge is 0.311 e. The van der Waals surface area contributed by atoms with Gasteiger partial charge in [-0.25, -0.2) is 9.97 Å². The van der Waals surface area contributed by atoms with E-state index in [9.17, 15) is 10.1 Å². The molecular weight excluding hydrogens is 440 g/mol. The van der Waals surface area contributed by atoms with Crippen LogP contribution in [0.25, 0.3) is 22.4 Å². The third-order valence-corrected chi connectivity index (χ3v) is 6.23. The third-order valence-electron chi connectivity index (χ3n) is 5.25. The van der Waals surface area contributed by atoms with Crippen molar-refractivity contribution in [1.29, 1.82) is 5.26 Å². The van der Waals surface area contributed by atoms with Gasteiger partial charge in [-0.15, -0.1) is 11.8 Å². The van der Waals surface area contributed by atoms with Gasteiger partial charge in [0.2, 0.25) is 5.91 Å². The standard InChI is InChI=1S/C28H24N4OS/c1-19-11-13-21(14-12-19)23-17-25(22-8-4-3-5-9-22)31-28(24(23)18-29)34-16-15-27(33)32-26-10-6-7-20(2)30-26/h3-14,17H,15-16H2,1-2H3,(H,30,32,33). The number of rotatable bonds is 7. The number of nitriles is 1. The molecule has 0 spiro atoms. The van der Waals surface area contributed by atoms with Crippen LogP contribution in [0.1, 0.15) is 23.2 Å². The van der Waals surface area contributed by atoms with Gasteiger partial charge in [-0.3, -0.25) is 4.79 Å². The predicted octanol–water partition coefficient (Wildman–Crippen LogP) is 6.42. The lowest BCUT2D eigenvalue weighted by atomic mass is 9.98. The molecule has 0 unspecified atom stereocenters. The average Bonchev–Trinajstić information content (AvgIpc) is 2.84. The number of hydrogen-bond donors (Lipinski definition) is 1. The molecule has 0 aliphatic heterocycles. The molecule has 0 atom stereocenters. The van der Waals surface area contributed by atoms with Crippen LogP contribution in [-0.2, 0) is 4.79 Å². The summed E-state index contributed by atoms with van der Waals surface area (Å²) in [6, 6.07) is 27.9. The molecule has 4 rings (SSSR count). The van der Waals surface area contributed by atoms with Crippen molar-refractivity contribution in [2.45, 2.75) is 25.3 Å². The fraction of sp³-hybridized carbons (Fsp3) is 0.143. The number of hydrogen-bond acceptors (Lipinski definition) is 5. The van der Waals surface area contributed by atoms with Crippen LogP contribution in [0.3, 0.4) is 0 Å². The molecule has 168 valence electrons. The Morgan fingerprint density at radius 3 is 2.41 bits per heavy atom. The minimum atomic E-state index is -0.123. The Bertz CT molecular complexity index is 1350. The zero-order valence-electron chi connectivity index (χ0n) is 19.1. The van der Waals surface area contributed by atoms with E-state index in [2.05, 4.69) is 16.4 Å². The molecule has 0 radical (unpaired) electrons.